The van der Waals surface area contributed by atoms with E-state index >= 15 is 0 Å². The predicted molar refractivity (Wildman–Crippen MR) is 172 cm³/mol. The number of aromatic nitrogens is 4. The van der Waals surface area contributed by atoms with Crippen molar-refractivity contribution in [2.75, 3.05) is 37.6 Å². The van der Waals surface area contributed by atoms with Crippen LogP contribution in [0.4, 0.5) is 10.3 Å². The Bertz CT molecular complexity index is 1670. The van der Waals surface area contributed by atoms with Crippen molar-refractivity contribution in [1.29, 1.82) is 0 Å². The summed E-state index contributed by atoms with van der Waals surface area (Å²) in [5.74, 6) is 0.762. The van der Waals surface area contributed by atoms with Gasteiger partial charge in [-0.2, -0.15) is 5.10 Å². The van der Waals surface area contributed by atoms with Crippen molar-refractivity contribution in [2.24, 2.45) is 28.6 Å². The van der Waals surface area contributed by atoms with Gasteiger partial charge in [0.25, 0.3) is 0 Å². The second-order valence-corrected chi connectivity index (χ2v) is 14.9. The summed E-state index contributed by atoms with van der Waals surface area (Å²) in [6, 6.07) is 8.22. The number of anilines is 1. The summed E-state index contributed by atoms with van der Waals surface area (Å²) in [5.41, 5.74) is 1.97. The van der Waals surface area contributed by atoms with Gasteiger partial charge in [0.15, 0.2) is 5.78 Å². The lowest BCUT2D eigenvalue weighted by atomic mass is 9.45. The molecule has 242 valence electrons. The molecule has 0 radical (unpaired) electrons. The first-order valence-electron chi connectivity index (χ1n) is 16.8. The molecule has 9 nitrogen and oxygen atoms in total. The van der Waals surface area contributed by atoms with Crippen molar-refractivity contribution in [3.05, 3.63) is 71.6 Å². The third-order valence-electron chi connectivity index (χ3n) is 12.7. The molecule has 0 bridgehead atoms. The highest BCUT2D eigenvalue weighted by molar-refractivity contribution is 5.90. The Morgan fingerprint density at radius 3 is 2.54 bits per heavy atom. The number of benzene rings is 1. The topological polar surface area (TPSA) is 108 Å². The van der Waals surface area contributed by atoms with Crippen LogP contribution in [0.5, 0.6) is 0 Å². The van der Waals surface area contributed by atoms with Gasteiger partial charge in [0, 0.05) is 44.0 Å². The smallest absolute Gasteiger partial charge is 0.225 e. The number of rotatable bonds is 5. The number of ketones is 1. The second-order valence-electron chi connectivity index (χ2n) is 14.9. The summed E-state index contributed by atoms with van der Waals surface area (Å²) in [4.78, 5) is 27.0. The maximum atomic E-state index is 14.0. The van der Waals surface area contributed by atoms with Crippen LogP contribution in [0.25, 0.3) is 11.8 Å². The van der Waals surface area contributed by atoms with Crippen LogP contribution in [-0.2, 0) is 11.2 Å². The first-order chi connectivity index (χ1) is 22.1. The molecule has 1 aliphatic heterocycles. The summed E-state index contributed by atoms with van der Waals surface area (Å²) in [6.45, 7) is 7.48. The lowest BCUT2D eigenvalue weighted by Crippen LogP contribution is -2.63. The Balaban J connectivity index is 1.00. The third-order valence-corrected chi connectivity index (χ3v) is 12.7. The van der Waals surface area contributed by atoms with Gasteiger partial charge in [-0.3, -0.25) is 9.69 Å². The summed E-state index contributed by atoms with van der Waals surface area (Å²) in [5, 5.41) is 29.0. The van der Waals surface area contributed by atoms with E-state index in [9.17, 15) is 19.4 Å². The molecular weight excluding hydrogens is 583 g/mol. The number of carbonyl (C=O) groups is 1. The van der Waals surface area contributed by atoms with Crippen LogP contribution in [0.15, 0.2) is 54.5 Å². The van der Waals surface area contributed by atoms with Crippen molar-refractivity contribution >= 4 is 17.8 Å². The van der Waals surface area contributed by atoms with Crippen LogP contribution in [0.2, 0.25) is 0 Å². The van der Waals surface area contributed by atoms with E-state index in [1.54, 1.807) is 30.6 Å². The van der Waals surface area contributed by atoms with Gasteiger partial charge in [-0.15, -0.1) is 0 Å². The normalized spacial score (nSPS) is 35.5. The number of hydrogen-bond donors (Lipinski definition) is 2. The van der Waals surface area contributed by atoms with Crippen molar-refractivity contribution in [2.45, 2.75) is 64.1 Å². The fourth-order valence-corrected chi connectivity index (χ4v) is 10.3. The highest BCUT2D eigenvalue weighted by Crippen LogP contribution is 2.67. The van der Waals surface area contributed by atoms with Gasteiger partial charge in [0.05, 0.1) is 30.2 Å². The minimum atomic E-state index is -1.45. The van der Waals surface area contributed by atoms with Gasteiger partial charge in [0.1, 0.15) is 11.4 Å². The number of carbonyl (C=O) groups excluding carboxylic acids is 1. The maximum Gasteiger partial charge on any atom is 0.225 e. The van der Waals surface area contributed by atoms with Crippen molar-refractivity contribution in [1.82, 2.24) is 24.6 Å². The average Bonchev–Trinajstić information content (AvgIpc) is 3.58. The zero-order valence-electron chi connectivity index (χ0n) is 26.6. The molecule has 2 N–H and O–H groups in total. The molecule has 10 heteroatoms. The quantitative estimate of drug-likeness (QED) is 0.437. The zero-order chi connectivity index (χ0) is 31.8. The maximum absolute atomic E-state index is 14.0. The minimum absolute atomic E-state index is 0.0404. The number of halogens is 1. The summed E-state index contributed by atoms with van der Waals surface area (Å²) < 4.78 is 15.5. The Hall–Kier alpha value is -3.47. The van der Waals surface area contributed by atoms with E-state index < -0.39 is 17.1 Å². The van der Waals surface area contributed by atoms with E-state index in [-0.39, 0.29) is 41.3 Å². The molecule has 7 atom stereocenters. The minimum Gasteiger partial charge on any atom is -0.393 e. The fourth-order valence-electron chi connectivity index (χ4n) is 10.3. The van der Waals surface area contributed by atoms with Crippen LogP contribution in [0.1, 0.15) is 57.2 Å². The first-order valence-corrected chi connectivity index (χ1v) is 16.8. The number of nitrogens with zero attached hydrogens (tertiary/aromatic N) is 6. The molecule has 5 aliphatic rings. The van der Waals surface area contributed by atoms with E-state index in [2.05, 4.69) is 44.8 Å². The van der Waals surface area contributed by atoms with Gasteiger partial charge in [-0.05, 0) is 104 Å². The lowest BCUT2D eigenvalue weighted by Gasteiger charge is -2.60. The Labute approximate surface area is 269 Å². The molecule has 7 unspecified atom stereocenters. The molecule has 4 fully saturated rings. The van der Waals surface area contributed by atoms with Crippen LogP contribution in [-0.4, -0.2) is 85.1 Å². The molecule has 0 amide bonds. The Morgan fingerprint density at radius 2 is 1.80 bits per heavy atom. The van der Waals surface area contributed by atoms with Crippen LogP contribution in [0.3, 0.4) is 0 Å². The van der Waals surface area contributed by atoms with E-state index in [1.807, 2.05) is 10.9 Å². The summed E-state index contributed by atoms with van der Waals surface area (Å²) in [6.07, 6.45) is 11.3. The van der Waals surface area contributed by atoms with E-state index in [0.29, 0.717) is 31.9 Å². The van der Waals surface area contributed by atoms with Crippen LogP contribution >= 0.6 is 0 Å². The predicted octanol–water partition coefficient (Wildman–Crippen LogP) is 4.08. The standard InChI is InChI=1S/C36H43FN6O3/c1-34-19-23-21-40-43(26-7-5-25(37)6-8-26)29(23)18-24(34)4-9-27-28-10-11-36(46,35(28,2)20-30(44)32(27)34)31(45)22-41-14-16-42(17-15-41)33-38-12-3-13-39-33/h3,5-8,12-13,18,21,27-28,30,32,44,46H,4,9-11,14-17,19-20,22H2,1-2H3. The second kappa shape index (κ2) is 10.8. The molecular formula is C36H43FN6O3. The molecule has 0 spiro atoms. The van der Waals surface area contributed by atoms with Gasteiger partial charge in [0.2, 0.25) is 5.95 Å². The van der Waals surface area contributed by atoms with E-state index in [0.717, 1.165) is 55.7 Å². The van der Waals surface area contributed by atoms with Gasteiger partial charge < -0.3 is 15.1 Å². The van der Waals surface area contributed by atoms with Crippen LogP contribution in [0, 0.1) is 34.4 Å². The molecule has 1 aromatic carbocycles. The molecule has 4 aliphatic carbocycles. The zero-order valence-corrected chi connectivity index (χ0v) is 26.6. The van der Waals surface area contributed by atoms with Crippen molar-refractivity contribution < 1.29 is 19.4 Å². The van der Waals surface area contributed by atoms with E-state index in [1.165, 1.54) is 17.7 Å². The summed E-state index contributed by atoms with van der Waals surface area (Å²) >= 11 is 0. The molecule has 3 aromatic rings. The molecule has 46 heavy (non-hydrogen) atoms. The van der Waals surface area contributed by atoms with Crippen molar-refractivity contribution in [3.8, 4) is 5.69 Å². The van der Waals surface area contributed by atoms with Gasteiger partial charge in [-0.25, -0.2) is 19.0 Å². The number of piperazine rings is 1. The largest absolute Gasteiger partial charge is 0.393 e. The van der Waals surface area contributed by atoms with Gasteiger partial charge >= 0.3 is 0 Å². The number of fused-ring (bicyclic) bond motifs is 6. The average molecular weight is 627 g/mol. The van der Waals surface area contributed by atoms with E-state index in [4.69, 9.17) is 0 Å². The highest BCUT2D eigenvalue weighted by atomic mass is 19.1. The first kappa shape index (κ1) is 29.9. The van der Waals surface area contributed by atoms with Crippen molar-refractivity contribution in [3.63, 3.8) is 0 Å². The molecule has 2 aromatic heterocycles. The fraction of sp³-hybridized carbons (Fsp3) is 0.556. The van der Waals surface area contributed by atoms with Gasteiger partial charge in [-0.1, -0.05) is 19.4 Å². The summed E-state index contributed by atoms with van der Waals surface area (Å²) in [7, 11) is 0. The number of aliphatic hydroxyl groups is 2. The molecule has 1 saturated heterocycles. The third kappa shape index (κ3) is 4.43. The molecule has 3 saturated carbocycles. The monoisotopic (exact) mass is 626 g/mol. The molecule has 3 heterocycles. The Kier molecular flexibility index (Phi) is 7.01. The number of aliphatic hydroxyl groups excluding tert-OH is 1. The highest BCUT2D eigenvalue weighted by Gasteiger charge is 2.68. The number of Topliss-reactive ketones (excluding diaryl/α,β-unsaturated/α-hetero) is 1. The lowest BCUT2D eigenvalue weighted by molar-refractivity contribution is -0.180. The number of hydrogen-bond acceptors (Lipinski definition) is 8. The van der Waals surface area contributed by atoms with Crippen LogP contribution < -0.4 is 4.90 Å². The Morgan fingerprint density at radius 1 is 1.07 bits per heavy atom. The number of allylic oxidation sites excluding steroid dienone is 1. The molecule has 8 rings (SSSR count). The SMILES string of the molecule is CC12Cc3cnn(-c4ccc(F)cc4)c3C=C1CCC1C2C(O)CC2(C)C1CCC2(O)C(=O)CN1CCN(c2ncccn2)CC1.